The Bertz CT molecular complexity index is 783. The van der Waals surface area contributed by atoms with Crippen LogP contribution in [0.1, 0.15) is 57.1 Å². The van der Waals surface area contributed by atoms with Crippen molar-refractivity contribution >= 4 is 43.8 Å². The molecule has 0 saturated carbocycles. The van der Waals surface area contributed by atoms with Crippen LogP contribution < -0.4 is 18.9 Å². The molecule has 2 rings (SSSR count). The van der Waals surface area contributed by atoms with Crippen molar-refractivity contribution in [3.8, 4) is 0 Å². The Balaban J connectivity index is -0.000000209. The number of methoxy groups -OCH3 is 1. The van der Waals surface area contributed by atoms with Gasteiger partial charge >= 0.3 is 30.8 Å². The third-order valence-corrected chi connectivity index (χ3v) is 4.64. The fourth-order valence-electron chi connectivity index (χ4n) is 2.23. The predicted molar refractivity (Wildman–Crippen MR) is 122 cm³/mol. The van der Waals surface area contributed by atoms with Gasteiger partial charge in [-0.05, 0) is 67.0 Å². The van der Waals surface area contributed by atoms with Crippen molar-refractivity contribution in [3.05, 3.63) is 57.0 Å². The van der Waals surface area contributed by atoms with Crippen molar-refractivity contribution in [1.29, 1.82) is 0 Å². The summed E-state index contributed by atoms with van der Waals surface area (Å²) in [5.74, 6) is -0.847. The largest absolute Gasteiger partial charge is 1.00 e. The third kappa shape index (κ3) is 15.2. The summed E-state index contributed by atoms with van der Waals surface area (Å²) in [5, 5.41) is 8.58. The molecule has 4 N–H and O–H groups in total. The van der Waals surface area contributed by atoms with Crippen molar-refractivity contribution in [2.75, 3.05) is 7.11 Å². The Hall–Kier alpha value is -1.28. The van der Waals surface area contributed by atoms with Crippen LogP contribution in [0.15, 0.2) is 45.9 Å². The van der Waals surface area contributed by atoms with Gasteiger partial charge in [-0.2, -0.15) is 0 Å². The molecule has 31 heavy (non-hydrogen) atoms. The van der Waals surface area contributed by atoms with Gasteiger partial charge in [-0.1, -0.05) is 21.3 Å². The standard InChI is InChI=1S/C10H12BrNO2.C9H10BrNO2.CH4.Li.2H2O/c1-7(3-10(13)14-2)8-4-9(11)6-12-5-8;1-6(2-9(12)13)7-3-8(10)5-11-4-7;;;;/h4-7H,3H2,1-2H3;3-6H,2H2,1H3,(H,12,13);1H4;;2*1H2/q;;;+1;;/p-1. The Labute approximate surface area is 212 Å². The van der Waals surface area contributed by atoms with E-state index in [1.807, 2.05) is 26.0 Å². The number of carboxylic acid groups (broad SMARTS) is 1. The van der Waals surface area contributed by atoms with Crippen LogP contribution in [-0.4, -0.2) is 45.1 Å². The van der Waals surface area contributed by atoms with E-state index in [4.69, 9.17) is 5.11 Å². The molecule has 0 aromatic carbocycles. The first-order chi connectivity index (χ1) is 12.7. The first kappa shape index (κ1) is 37.1. The molecule has 0 aliphatic rings. The maximum atomic E-state index is 11.0. The molecule has 11 heteroatoms. The van der Waals surface area contributed by atoms with Gasteiger partial charge in [0.05, 0.1) is 20.0 Å². The van der Waals surface area contributed by atoms with Gasteiger partial charge in [-0.25, -0.2) is 0 Å². The number of aliphatic carboxylic acids is 1. The number of hydrogen-bond donors (Lipinski definition) is 1. The van der Waals surface area contributed by atoms with Crippen LogP contribution in [0.4, 0.5) is 0 Å². The number of hydrogen-bond acceptors (Lipinski definition) is 6. The van der Waals surface area contributed by atoms with E-state index in [0.29, 0.717) is 6.42 Å². The number of pyridine rings is 2. The van der Waals surface area contributed by atoms with Gasteiger partial charge in [0.2, 0.25) is 0 Å². The summed E-state index contributed by atoms with van der Waals surface area (Å²) in [6, 6.07) is 3.85. The Morgan fingerprint density at radius 3 is 1.68 bits per heavy atom. The molecule has 0 saturated heterocycles. The maximum absolute atomic E-state index is 11.0. The van der Waals surface area contributed by atoms with Crippen molar-refractivity contribution in [2.24, 2.45) is 0 Å². The molecule has 2 heterocycles. The first-order valence-corrected chi connectivity index (χ1v) is 9.81. The Morgan fingerprint density at radius 2 is 1.35 bits per heavy atom. The monoisotopic (exact) mass is 558 g/mol. The molecule has 0 aliphatic heterocycles. The van der Waals surface area contributed by atoms with Gasteiger partial charge in [0.15, 0.2) is 0 Å². The van der Waals surface area contributed by atoms with E-state index in [1.54, 1.807) is 24.8 Å². The van der Waals surface area contributed by atoms with E-state index in [-0.39, 0.29) is 61.5 Å². The SMILES string of the molecule is C.CC(CC(=O)O)c1cncc(Br)c1.COC(=O)CC(C)c1cncc(Br)c1.O.[Li+].[OH-]. The number of rotatable bonds is 6. The smallest absolute Gasteiger partial charge is 0.870 e. The summed E-state index contributed by atoms with van der Waals surface area (Å²) >= 11 is 6.62. The Morgan fingerprint density at radius 1 is 0.968 bits per heavy atom. The van der Waals surface area contributed by atoms with E-state index in [9.17, 15) is 9.59 Å². The van der Waals surface area contributed by atoms with Crippen molar-refractivity contribution < 1.29 is 49.2 Å². The quantitative estimate of drug-likeness (QED) is 0.416. The molecular weight excluding hydrogens is 531 g/mol. The number of aromatic nitrogens is 2. The minimum Gasteiger partial charge on any atom is -0.870 e. The number of carboxylic acids is 1. The van der Waals surface area contributed by atoms with Crippen LogP contribution >= 0.6 is 31.9 Å². The summed E-state index contributed by atoms with van der Waals surface area (Å²) in [4.78, 5) is 29.5. The summed E-state index contributed by atoms with van der Waals surface area (Å²) in [6.45, 7) is 3.85. The molecule has 0 fully saturated rings. The summed E-state index contributed by atoms with van der Waals surface area (Å²) in [6.07, 6.45) is 7.37. The fourth-order valence-corrected chi connectivity index (χ4v) is 2.99. The van der Waals surface area contributed by atoms with Crippen LogP contribution in [0.2, 0.25) is 0 Å². The number of halogens is 2. The van der Waals surface area contributed by atoms with Gasteiger partial charge in [0.1, 0.15) is 0 Å². The first-order valence-electron chi connectivity index (χ1n) is 8.22. The molecule has 0 amide bonds. The zero-order chi connectivity index (χ0) is 20.4. The van der Waals surface area contributed by atoms with E-state index in [0.717, 1.165) is 20.1 Å². The molecule has 2 atom stereocenters. The van der Waals surface area contributed by atoms with Crippen LogP contribution in [-0.2, 0) is 14.3 Å². The van der Waals surface area contributed by atoms with E-state index < -0.39 is 5.97 Å². The second-order valence-corrected chi connectivity index (χ2v) is 7.88. The van der Waals surface area contributed by atoms with Gasteiger partial charge in [-0.15, -0.1) is 0 Å². The molecule has 2 unspecified atom stereocenters. The maximum Gasteiger partial charge on any atom is 1.00 e. The number of carbonyl (C=O) groups is 2. The third-order valence-electron chi connectivity index (χ3n) is 3.77. The topological polar surface area (TPSA) is 151 Å². The van der Waals surface area contributed by atoms with Crippen molar-refractivity contribution in [3.63, 3.8) is 0 Å². The van der Waals surface area contributed by atoms with Gasteiger partial charge < -0.3 is 20.8 Å². The molecular formula is C20H29Br2LiN2O6. The number of esters is 1. The van der Waals surface area contributed by atoms with Crippen LogP contribution in [0.25, 0.3) is 0 Å². The minimum absolute atomic E-state index is 0. The molecule has 170 valence electrons. The molecule has 0 radical (unpaired) electrons. The van der Waals surface area contributed by atoms with Crippen LogP contribution in [0.5, 0.6) is 0 Å². The van der Waals surface area contributed by atoms with Crippen molar-refractivity contribution in [1.82, 2.24) is 9.97 Å². The van der Waals surface area contributed by atoms with Gasteiger partial charge in [-0.3, -0.25) is 19.6 Å². The number of carbonyl (C=O) groups excluding carboxylic acids is 1. The van der Waals surface area contributed by atoms with Crippen LogP contribution in [0, 0.1) is 0 Å². The summed E-state index contributed by atoms with van der Waals surface area (Å²) in [7, 11) is 1.40. The summed E-state index contributed by atoms with van der Waals surface area (Å²) in [5.41, 5.74) is 1.97. The Kier molecular flexibility index (Phi) is 23.2. The second kappa shape index (κ2) is 19.4. The molecule has 8 nitrogen and oxygen atoms in total. The van der Waals surface area contributed by atoms with Gasteiger partial charge in [0.25, 0.3) is 0 Å². The predicted octanol–water partition coefficient (Wildman–Crippen LogP) is 1.57. The minimum atomic E-state index is -0.785. The average Bonchev–Trinajstić information content (AvgIpc) is 2.61. The zero-order valence-corrected chi connectivity index (χ0v) is 20.5. The van der Waals surface area contributed by atoms with Crippen molar-refractivity contribution in [2.45, 2.75) is 46.0 Å². The molecule has 0 aliphatic carbocycles. The van der Waals surface area contributed by atoms with Gasteiger partial charge in [0, 0.05) is 33.7 Å². The molecule has 0 bridgehead atoms. The molecule has 2 aromatic rings. The normalized spacial score (nSPS) is 10.7. The van der Waals surface area contributed by atoms with E-state index in [1.165, 1.54) is 7.11 Å². The second-order valence-electron chi connectivity index (χ2n) is 6.05. The average molecular weight is 560 g/mol. The van der Waals surface area contributed by atoms with E-state index >= 15 is 0 Å². The zero-order valence-electron chi connectivity index (χ0n) is 17.3. The number of ether oxygens (including phenoxy) is 1. The fraction of sp³-hybridized carbons (Fsp3) is 0.400. The summed E-state index contributed by atoms with van der Waals surface area (Å²) < 4.78 is 6.40. The molecule has 0 spiro atoms. The van der Waals surface area contributed by atoms with Crippen LogP contribution in [0.3, 0.4) is 0 Å². The van der Waals surface area contributed by atoms with E-state index in [2.05, 4.69) is 46.6 Å². The molecule has 2 aromatic heterocycles. The number of nitrogens with zero attached hydrogens (tertiary/aromatic N) is 2.